The van der Waals surface area contributed by atoms with Gasteiger partial charge in [-0.05, 0) is 30.3 Å². The number of aromatic amines is 1. The van der Waals surface area contributed by atoms with E-state index in [9.17, 15) is 13.2 Å². The number of alkyl halides is 3. The number of nitrogens with zero attached hydrogens (tertiary/aromatic N) is 7. The Kier molecular flexibility index (Phi) is 4.22. The molecular formula is C21H15F3N8O. The van der Waals surface area contributed by atoms with E-state index in [4.69, 9.17) is 9.52 Å². The normalized spacial score (nSPS) is 16.3. The fraction of sp³-hybridized carbons (Fsp3) is 0.190. The van der Waals surface area contributed by atoms with Crippen LogP contribution in [0.1, 0.15) is 28.7 Å². The molecule has 0 unspecified atom stereocenters. The van der Waals surface area contributed by atoms with Crippen molar-refractivity contribution in [3.8, 4) is 11.6 Å². The fourth-order valence-corrected chi connectivity index (χ4v) is 4.00. The second-order valence-electron chi connectivity index (χ2n) is 7.57. The molecule has 0 saturated heterocycles. The Balaban J connectivity index is 1.38. The topological polar surface area (TPSA) is 101 Å². The summed E-state index contributed by atoms with van der Waals surface area (Å²) in [5.74, 6) is 0.0281. The Hall–Kier alpha value is -4.22. The maximum absolute atomic E-state index is 12.8. The van der Waals surface area contributed by atoms with Gasteiger partial charge in [-0.3, -0.25) is 4.98 Å². The minimum Gasteiger partial charge on any atom is -0.402 e. The van der Waals surface area contributed by atoms with Crippen molar-refractivity contribution in [2.45, 2.75) is 18.6 Å². The predicted molar refractivity (Wildman–Crippen MR) is 109 cm³/mol. The third-order valence-corrected chi connectivity index (χ3v) is 5.56. The van der Waals surface area contributed by atoms with Gasteiger partial charge in [0, 0.05) is 31.1 Å². The number of aromatic nitrogens is 7. The predicted octanol–water partition coefficient (Wildman–Crippen LogP) is 3.67. The third kappa shape index (κ3) is 3.30. The lowest BCUT2D eigenvalue weighted by Crippen LogP contribution is -2.36. The summed E-state index contributed by atoms with van der Waals surface area (Å²) in [6.07, 6.45) is 0.452. The zero-order chi connectivity index (χ0) is 22.6. The number of rotatable bonds is 3. The van der Waals surface area contributed by atoms with Crippen LogP contribution in [0.15, 0.2) is 59.5 Å². The average molecular weight is 452 g/mol. The summed E-state index contributed by atoms with van der Waals surface area (Å²) in [6.45, 7) is 0.551. The van der Waals surface area contributed by atoms with Crippen LogP contribution in [0.3, 0.4) is 0 Å². The largest absolute Gasteiger partial charge is 0.417 e. The molecule has 0 spiro atoms. The first kappa shape index (κ1) is 19.5. The molecule has 1 aliphatic rings. The van der Waals surface area contributed by atoms with Gasteiger partial charge in [0.15, 0.2) is 0 Å². The first-order valence-electron chi connectivity index (χ1n) is 10.1. The van der Waals surface area contributed by atoms with E-state index < -0.39 is 11.7 Å². The van der Waals surface area contributed by atoms with E-state index in [2.05, 4.69) is 25.1 Å². The molecule has 5 aromatic heterocycles. The van der Waals surface area contributed by atoms with E-state index in [-0.39, 0.29) is 23.6 Å². The summed E-state index contributed by atoms with van der Waals surface area (Å²) >= 11 is 0. The van der Waals surface area contributed by atoms with E-state index in [1.165, 1.54) is 6.07 Å². The van der Waals surface area contributed by atoms with Crippen LogP contribution >= 0.6 is 0 Å². The van der Waals surface area contributed by atoms with Crippen molar-refractivity contribution in [1.82, 2.24) is 34.8 Å². The monoisotopic (exact) mass is 452 g/mol. The smallest absolute Gasteiger partial charge is 0.402 e. The number of anilines is 1. The molecule has 0 bridgehead atoms. The zero-order valence-electron chi connectivity index (χ0n) is 16.9. The van der Waals surface area contributed by atoms with Crippen molar-refractivity contribution in [2.24, 2.45) is 0 Å². The van der Waals surface area contributed by atoms with E-state index >= 15 is 0 Å². The number of hydrogen-bond donors (Lipinski definition) is 1. The lowest BCUT2D eigenvalue weighted by molar-refractivity contribution is -0.137. The second-order valence-corrected chi connectivity index (χ2v) is 7.57. The SMILES string of the molecule is FC(F)(F)c1ccc(-c2nnc(N3CCc4[nH]cnc4[C@H]3c3cc4ccccn4n3)o2)nc1. The molecule has 1 N–H and O–H groups in total. The summed E-state index contributed by atoms with van der Waals surface area (Å²) in [4.78, 5) is 13.4. The van der Waals surface area contributed by atoms with Crippen LogP contribution in [0.5, 0.6) is 0 Å². The Bertz CT molecular complexity index is 1400. The van der Waals surface area contributed by atoms with Gasteiger partial charge in [0.1, 0.15) is 11.7 Å². The lowest BCUT2D eigenvalue weighted by atomic mass is 10.0. The van der Waals surface area contributed by atoms with Gasteiger partial charge >= 0.3 is 12.2 Å². The van der Waals surface area contributed by atoms with Crippen LogP contribution in [0.2, 0.25) is 0 Å². The van der Waals surface area contributed by atoms with Crippen molar-refractivity contribution in [1.29, 1.82) is 0 Å². The maximum Gasteiger partial charge on any atom is 0.417 e. The van der Waals surface area contributed by atoms with Gasteiger partial charge in [0.2, 0.25) is 0 Å². The van der Waals surface area contributed by atoms with Crippen molar-refractivity contribution in [2.75, 3.05) is 11.4 Å². The van der Waals surface area contributed by atoms with Crippen molar-refractivity contribution < 1.29 is 17.6 Å². The molecule has 9 nitrogen and oxygen atoms in total. The van der Waals surface area contributed by atoms with E-state index in [0.717, 1.165) is 34.9 Å². The van der Waals surface area contributed by atoms with E-state index in [1.807, 2.05) is 35.4 Å². The van der Waals surface area contributed by atoms with Crippen LogP contribution in [-0.4, -0.2) is 41.3 Å². The Morgan fingerprint density at radius 1 is 1.09 bits per heavy atom. The highest BCUT2D eigenvalue weighted by molar-refractivity contribution is 5.53. The highest BCUT2D eigenvalue weighted by Gasteiger charge is 2.36. The second kappa shape index (κ2) is 7.15. The summed E-state index contributed by atoms with van der Waals surface area (Å²) in [5.41, 5.74) is 2.79. The Morgan fingerprint density at radius 3 is 2.79 bits per heavy atom. The van der Waals surface area contributed by atoms with Crippen molar-refractivity contribution >= 4 is 11.5 Å². The Morgan fingerprint density at radius 2 is 2.00 bits per heavy atom. The molecule has 0 aliphatic carbocycles. The van der Waals surface area contributed by atoms with E-state index in [1.54, 1.807) is 10.8 Å². The highest BCUT2D eigenvalue weighted by Crippen LogP contribution is 2.37. The van der Waals surface area contributed by atoms with Crippen LogP contribution < -0.4 is 4.90 Å². The molecule has 0 radical (unpaired) electrons. The standard InChI is InChI=1S/C21H15F3N8O/c22-21(23,24)12-4-5-15(25-10-12)19-28-29-20(33-19)31-8-6-14-17(27-11-26-14)18(31)16-9-13-3-1-2-7-32(13)30-16/h1-5,7,9-11,18H,6,8H2,(H,26,27)/t18-/m1/s1. The van der Waals surface area contributed by atoms with Crippen LogP contribution in [0.4, 0.5) is 19.2 Å². The fourth-order valence-electron chi connectivity index (χ4n) is 4.00. The van der Waals surface area contributed by atoms with Crippen LogP contribution in [0, 0.1) is 0 Å². The number of H-pyrrole nitrogens is 1. The summed E-state index contributed by atoms with van der Waals surface area (Å²) in [6, 6.07) is 9.72. The molecule has 6 heterocycles. The lowest BCUT2D eigenvalue weighted by Gasteiger charge is -2.32. The molecule has 0 aromatic carbocycles. The maximum atomic E-state index is 12.8. The first-order chi connectivity index (χ1) is 16.0. The molecule has 1 aliphatic heterocycles. The van der Waals surface area contributed by atoms with Gasteiger partial charge in [-0.25, -0.2) is 9.50 Å². The van der Waals surface area contributed by atoms with Gasteiger partial charge in [-0.2, -0.15) is 18.3 Å². The summed E-state index contributed by atoms with van der Waals surface area (Å²) in [5, 5.41) is 12.9. The number of imidazole rings is 1. The molecule has 33 heavy (non-hydrogen) atoms. The van der Waals surface area contributed by atoms with Gasteiger partial charge < -0.3 is 14.3 Å². The minimum atomic E-state index is -4.47. The van der Waals surface area contributed by atoms with Crippen molar-refractivity contribution in [3.63, 3.8) is 0 Å². The number of halogens is 3. The molecule has 12 heteroatoms. The molecule has 5 aromatic rings. The molecule has 0 fully saturated rings. The van der Waals surface area contributed by atoms with Gasteiger partial charge in [-0.15, -0.1) is 5.10 Å². The quantitative estimate of drug-likeness (QED) is 0.446. The summed E-state index contributed by atoms with van der Waals surface area (Å²) < 4.78 is 46.1. The van der Waals surface area contributed by atoms with E-state index in [0.29, 0.717) is 13.0 Å². The number of pyridine rings is 2. The molecule has 1 atom stereocenters. The average Bonchev–Trinajstić information content (AvgIpc) is 3.56. The zero-order valence-corrected chi connectivity index (χ0v) is 16.9. The molecular weight excluding hydrogens is 437 g/mol. The molecule has 0 amide bonds. The van der Waals surface area contributed by atoms with Gasteiger partial charge in [0.25, 0.3) is 5.89 Å². The molecule has 0 saturated carbocycles. The van der Waals surface area contributed by atoms with Gasteiger partial charge in [-0.1, -0.05) is 11.2 Å². The number of fused-ring (bicyclic) bond motifs is 2. The van der Waals surface area contributed by atoms with Crippen molar-refractivity contribution in [3.05, 3.63) is 77.8 Å². The number of nitrogens with one attached hydrogen (secondary N) is 1. The molecule has 166 valence electrons. The number of hydrogen-bond acceptors (Lipinski definition) is 7. The van der Waals surface area contributed by atoms with Crippen LogP contribution in [0.25, 0.3) is 17.1 Å². The Labute approximate surface area is 183 Å². The minimum absolute atomic E-state index is 0.0281. The highest BCUT2D eigenvalue weighted by atomic mass is 19.4. The third-order valence-electron chi connectivity index (χ3n) is 5.56. The first-order valence-corrected chi connectivity index (χ1v) is 10.1. The van der Waals surface area contributed by atoms with Gasteiger partial charge in [0.05, 0.1) is 28.8 Å². The summed E-state index contributed by atoms with van der Waals surface area (Å²) in [7, 11) is 0. The van der Waals surface area contributed by atoms with Crippen LogP contribution in [-0.2, 0) is 12.6 Å². The molecule has 6 rings (SSSR count).